The van der Waals surface area contributed by atoms with Crippen molar-refractivity contribution in [3.05, 3.63) is 28.7 Å². The standard InChI is InChI=1S/C15H20BrNO2S/c1-17-15(14(18)19-2)9-5-6-11(10-15)20-13-8-4-3-7-12(13)16/h3-4,7-8,11,17H,5-6,9-10H2,1-2H3. The van der Waals surface area contributed by atoms with Gasteiger partial charge in [0.1, 0.15) is 5.54 Å². The van der Waals surface area contributed by atoms with Crippen LogP contribution in [0.15, 0.2) is 33.6 Å². The van der Waals surface area contributed by atoms with E-state index in [-0.39, 0.29) is 5.97 Å². The van der Waals surface area contributed by atoms with Crippen molar-refractivity contribution in [2.24, 2.45) is 0 Å². The molecular formula is C15H20BrNO2S. The van der Waals surface area contributed by atoms with Crippen LogP contribution in [-0.4, -0.2) is 30.9 Å². The lowest BCUT2D eigenvalue weighted by atomic mass is 9.81. The largest absolute Gasteiger partial charge is 0.468 e. The quantitative estimate of drug-likeness (QED) is 0.835. The zero-order chi connectivity index (χ0) is 14.6. The van der Waals surface area contributed by atoms with Crippen LogP contribution in [0.5, 0.6) is 0 Å². The number of rotatable bonds is 4. The molecular weight excluding hydrogens is 338 g/mol. The molecule has 0 radical (unpaired) electrons. The lowest BCUT2D eigenvalue weighted by Gasteiger charge is -2.38. The number of nitrogens with one attached hydrogen (secondary N) is 1. The van der Waals surface area contributed by atoms with Crippen LogP contribution in [0, 0.1) is 0 Å². The molecule has 110 valence electrons. The maximum absolute atomic E-state index is 12.1. The van der Waals surface area contributed by atoms with Crippen LogP contribution in [-0.2, 0) is 9.53 Å². The molecule has 0 aliphatic heterocycles. The first-order chi connectivity index (χ1) is 9.61. The van der Waals surface area contributed by atoms with Crippen LogP contribution in [0.1, 0.15) is 25.7 Å². The SMILES string of the molecule is CNC1(C(=O)OC)CCCC(Sc2ccccc2Br)C1. The molecule has 2 unspecified atom stereocenters. The number of carbonyl (C=O) groups is 1. The molecule has 0 saturated heterocycles. The third-order valence-electron chi connectivity index (χ3n) is 3.89. The summed E-state index contributed by atoms with van der Waals surface area (Å²) >= 11 is 5.43. The first kappa shape index (κ1) is 15.9. The van der Waals surface area contributed by atoms with Crippen LogP contribution < -0.4 is 5.32 Å². The molecule has 0 amide bonds. The minimum Gasteiger partial charge on any atom is -0.468 e. The number of ether oxygens (including phenoxy) is 1. The van der Waals surface area contributed by atoms with Crippen molar-refractivity contribution >= 4 is 33.7 Å². The van der Waals surface area contributed by atoms with Crippen LogP contribution in [0.25, 0.3) is 0 Å². The van der Waals surface area contributed by atoms with Gasteiger partial charge in [-0.2, -0.15) is 0 Å². The topological polar surface area (TPSA) is 38.3 Å². The van der Waals surface area contributed by atoms with Gasteiger partial charge in [-0.3, -0.25) is 4.79 Å². The third kappa shape index (κ3) is 3.38. The maximum atomic E-state index is 12.1. The monoisotopic (exact) mass is 357 g/mol. The van der Waals surface area contributed by atoms with Crippen molar-refractivity contribution in [2.75, 3.05) is 14.2 Å². The van der Waals surface area contributed by atoms with Gasteiger partial charge in [0.2, 0.25) is 0 Å². The molecule has 0 heterocycles. The summed E-state index contributed by atoms with van der Waals surface area (Å²) in [5, 5.41) is 3.62. The van der Waals surface area contributed by atoms with E-state index in [2.05, 4.69) is 33.4 Å². The van der Waals surface area contributed by atoms with Crippen LogP contribution >= 0.6 is 27.7 Å². The van der Waals surface area contributed by atoms with Gasteiger partial charge in [-0.15, -0.1) is 11.8 Å². The molecule has 0 bridgehead atoms. The fraction of sp³-hybridized carbons (Fsp3) is 0.533. The van der Waals surface area contributed by atoms with Crippen molar-refractivity contribution in [3.63, 3.8) is 0 Å². The van der Waals surface area contributed by atoms with E-state index in [1.807, 2.05) is 30.9 Å². The molecule has 20 heavy (non-hydrogen) atoms. The second kappa shape index (κ2) is 6.96. The molecule has 1 fully saturated rings. The first-order valence-electron chi connectivity index (χ1n) is 6.80. The Morgan fingerprint density at radius 3 is 2.90 bits per heavy atom. The molecule has 1 aromatic carbocycles. The van der Waals surface area contributed by atoms with Crippen molar-refractivity contribution < 1.29 is 9.53 Å². The Balaban J connectivity index is 2.10. The van der Waals surface area contributed by atoms with E-state index in [0.717, 1.165) is 30.2 Å². The molecule has 3 nitrogen and oxygen atoms in total. The number of likely N-dealkylation sites (N-methyl/N-ethyl adjacent to an activating group) is 1. The molecule has 0 aromatic heterocycles. The summed E-state index contributed by atoms with van der Waals surface area (Å²) in [5.74, 6) is -0.141. The van der Waals surface area contributed by atoms with Gasteiger partial charge >= 0.3 is 5.97 Å². The fourth-order valence-corrected chi connectivity index (χ4v) is 4.67. The lowest BCUT2D eigenvalue weighted by molar-refractivity contribution is -0.149. The molecule has 1 saturated carbocycles. The highest BCUT2D eigenvalue weighted by Crippen LogP contribution is 2.40. The Morgan fingerprint density at radius 2 is 2.25 bits per heavy atom. The number of thioether (sulfide) groups is 1. The van der Waals surface area contributed by atoms with Gasteiger partial charge in [0.15, 0.2) is 0 Å². The Morgan fingerprint density at radius 1 is 1.50 bits per heavy atom. The van der Waals surface area contributed by atoms with Crippen molar-refractivity contribution in [2.45, 2.75) is 41.4 Å². The Labute approximate surface area is 133 Å². The highest BCUT2D eigenvalue weighted by Gasteiger charge is 2.42. The normalized spacial score (nSPS) is 26.2. The number of hydrogen-bond acceptors (Lipinski definition) is 4. The Kier molecular flexibility index (Phi) is 5.52. The van der Waals surface area contributed by atoms with E-state index >= 15 is 0 Å². The van der Waals surface area contributed by atoms with E-state index in [0.29, 0.717) is 5.25 Å². The average molecular weight is 358 g/mol. The van der Waals surface area contributed by atoms with E-state index in [1.54, 1.807) is 0 Å². The summed E-state index contributed by atoms with van der Waals surface area (Å²) in [5.41, 5.74) is -0.522. The number of benzene rings is 1. The number of hydrogen-bond donors (Lipinski definition) is 1. The van der Waals surface area contributed by atoms with Crippen molar-refractivity contribution in [1.29, 1.82) is 0 Å². The average Bonchev–Trinajstić information content (AvgIpc) is 2.49. The molecule has 1 aromatic rings. The van der Waals surface area contributed by atoms with Crippen molar-refractivity contribution in [1.82, 2.24) is 5.32 Å². The summed E-state index contributed by atoms with van der Waals surface area (Å²) in [6.07, 6.45) is 3.83. The summed E-state index contributed by atoms with van der Waals surface area (Å²) in [6, 6.07) is 8.22. The Bertz CT molecular complexity index is 483. The number of methoxy groups -OCH3 is 1. The fourth-order valence-electron chi connectivity index (χ4n) is 2.75. The van der Waals surface area contributed by atoms with Gasteiger partial charge < -0.3 is 10.1 Å². The smallest absolute Gasteiger partial charge is 0.326 e. The molecule has 1 N–H and O–H groups in total. The second-order valence-electron chi connectivity index (χ2n) is 5.09. The molecule has 2 atom stereocenters. The van der Waals surface area contributed by atoms with Gasteiger partial charge in [0, 0.05) is 14.6 Å². The molecule has 1 aliphatic rings. The highest BCUT2D eigenvalue weighted by atomic mass is 79.9. The zero-order valence-corrected chi connectivity index (χ0v) is 14.2. The summed E-state index contributed by atoms with van der Waals surface area (Å²) < 4.78 is 6.10. The molecule has 0 spiro atoms. The van der Waals surface area contributed by atoms with E-state index < -0.39 is 5.54 Å². The summed E-state index contributed by atoms with van der Waals surface area (Å²) in [6.45, 7) is 0. The van der Waals surface area contributed by atoms with Crippen LogP contribution in [0.4, 0.5) is 0 Å². The Hall–Kier alpha value is -0.520. The van der Waals surface area contributed by atoms with E-state index in [1.165, 1.54) is 12.0 Å². The predicted molar refractivity (Wildman–Crippen MR) is 86.1 cm³/mol. The zero-order valence-electron chi connectivity index (χ0n) is 11.8. The van der Waals surface area contributed by atoms with Crippen molar-refractivity contribution in [3.8, 4) is 0 Å². The van der Waals surface area contributed by atoms with Gasteiger partial charge in [0.05, 0.1) is 7.11 Å². The van der Waals surface area contributed by atoms with Gasteiger partial charge in [-0.05, 0) is 60.8 Å². The molecule has 5 heteroatoms. The number of esters is 1. The van der Waals surface area contributed by atoms with Gasteiger partial charge in [-0.1, -0.05) is 12.1 Å². The minimum atomic E-state index is -0.522. The lowest BCUT2D eigenvalue weighted by Crippen LogP contribution is -2.54. The molecule has 1 aliphatic carbocycles. The highest BCUT2D eigenvalue weighted by molar-refractivity contribution is 9.10. The maximum Gasteiger partial charge on any atom is 0.326 e. The third-order valence-corrected chi connectivity index (χ3v) is 6.19. The number of halogens is 1. The van der Waals surface area contributed by atoms with E-state index in [4.69, 9.17) is 4.74 Å². The number of carbonyl (C=O) groups excluding carboxylic acids is 1. The van der Waals surface area contributed by atoms with Crippen LogP contribution in [0.3, 0.4) is 0 Å². The van der Waals surface area contributed by atoms with Gasteiger partial charge in [-0.25, -0.2) is 0 Å². The minimum absolute atomic E-state index is 0.141. The second-order valence-corrected chi connectivity index (χ2v) is 7.29. The van der Waals surface area contributed by atoms with E-state index in [9.17, 15) is 4.79 Å². The summed E-state index contributed by atoms with van der Waals surface area (Å²) in [7, 11) is 3.31. The predicted octanol–water partition coefficient (Wildman–Crippen LogP) is 3.62. The van der Waals surface area contributed by atoms with Gasteiger partial charge in [0.25, 0.3) is 0 Å². The first-order valence-corrected chi connectivity index (χ1v) is 8.47. The molecule has 2 rings (SSSR count). The van der Waals surface area contributed by atoms with Crippen LogP contribution in [0.2, 0.25) is 0 Å². The summed E-state index contributed by atoms with van der Waals surface area (Å²) in [4.78, 5) is 13.3.